The Labute approximate surface area is 138 Å². The minimum absolute atomic E-state index is 0.251. The van der Waals surface area contributed by atoms with Gasteiger partial charge in [-0.15, -0.1) is 0 Å². The van der Waals surface area contributed by atoms with E-state index in [4.69, 9.17) is 4.74 Å². The molecule has 4 heterocycles. The Balaban J connectivity index is 1.55. The maximum absolute atomic E-state index is 12.3. The Kier molecular flexibility index (Phi) is 3.58. The normalized spacial score (nSPS) is 23.5. The van der Waals surface area contributed by atoms with Crippen LogP contribution in [-0.4, -0.2) is 42.9 Å². The van der Waals surface area contributed by atoms with Crippen LogP contribution in [-0.2, 0) is 31.5 Å². The first-order valence-electron chi connectivity index (χ1n) is 8.00. The fraction of sp³-hybridized carbons (Fsp3) is 0.500. The molecule has 2 aromatic rings. The molecule has 0 aliphatic carbocycles. The highest BCUT2D eigenvalue weighted by Gasteiger charge is 2.43. The molecule has 0 aromatic carbocycles. The molecule has 1 spiro atoms. The minimum Gasteiger partial charge on any atom is -0.364 e. The largest absolute Gasteiger partial charge is 0.364 e. The molecule has 0 bridgehead atoms. The molecule has 2 aliphatic heterocycles. The third kappa shape index (κ3) is 2.57. The van der Waals surface area contributed by atoms with Crippen LogP contribution >= 0.6 is 0 Å². The maximum Gasteiger partial charge on any atom is 0.332 e. The molecule has 2 aromatic heterocycles. The minimum atomic E-state index is -0.598. The van der Waals surface area contributed by atoms with Crippen LogP contribution in [0, 0.1) is 0 Å². The third-order valence-electron chi connectivity index (χ3n) is 4.76. The van der Waals surface area contributed by atoms with Crippen LogP contribution in [0.1, 0.15) is 17.9 Å². The Morgan fingerprint density at radius 1 is 1.25 bits per heavy atom. The summed E-state index contributed by atoms with van der Waals surface area (Å²) in [6.07, 6.45) is 2.61. The number of rotatable bonds is 2. The summed E-state index contributed by atoms with van der Waals surface area (Å²) in [7, 11) is 1.49. The van der Waals surface area contributed by atoms with Gasteiger partial charge < -0.3 is 4.74 Å². The lowest BCUT2D eigenvalue weighted by atomic mass is 10.0. The molecular formula is C16H19N5O3. The molecule has 1 saturated heterocycles. The van der Waals surface area contributed by atoms with Gasteiger partial charge in [0.1, 0.15) is 12.2 Å². The smallest absolute Gasteiger partial charge is 0.332 e. The van der Waals surface area contributed by atoms with Crippen LogP contribution < -0.4 is 11.1 Å². The summed E-state index contributed by atoms with van der Waals surface area (Å²) >= 11 is 0. The van der Waals surface area contributed by atoms with E-state index in [-0.39, 0.29) is 6.61 Å². The van der Waals surface area contributed by atoms with Gasteiger partial charge in [-0.3, -0.25) is 24.0 Å². The van der Waals surface area contributed by atoms with E-state index in [1.807, 2.05) is 18.2 Å². The number of likely N-dealkylation sites (tertiary alicyclic amines) is 1. The highest BCUT2D eigenvalue weighted by Crippen LogP contribution is 2.31. The van der Waals surface area contributed by atoms with Gasteiger partial charge in [0.05, 0.1) is 12.2 Å². The van der Waals surface area contributed by atoms with Crippen molar-refractivity contribution in [2.45, 2.75) is 31.7 Å². The van der Waals surface area contributed by atoms with Crippen molar-refractivity contribution < 1.29 is 4.74 Å². The van der Waals surface area contributed by atoms with Crippen LogP contribution in [0.15, 0.2) is 34.0 Å². The lowest BCUT2D eigenvalue weighted by molar-refractivity contribution is -0.0858. The van der Waals surface area contributed by atoms with Crippen molar-refractivity contribution >= 4 is 0 Å². The second kappa shape index (κ2) is 5.64. The van der Waals surface area contributed by atoms with E-state index in [0.717, 1.165) is 29.9 Å². The zero-order valence-corrected chi connectivity index (χ0v) is 13.5. The van der Waals surface area contributed by atoms with Gasteiger partial charge >= 0.3 is 11.1 Å². The van der Waals surface area contributed by atoms with Crippen molar-refractivity contribution in [1.29, 1.82) is 0 Å². The Morgan fingerprint density at radius 3 is 2.92 bits per heavy atom. The molecule has 1 unspecified atom stereocenters. The molecule has 8 heteroatoms. The van der Waals surface area contributed by atoms with Crippen LogP contribution in [0.25, 0.3) is 0 Å². The van der Waals surface area contributed by atoms with Crippen molar-refractivity contribution in [3.63, 3.8) is 0 Å². The third-order valence-corrected chi connectivity index (χ3v) is 4.76. The molecular weight excluding hydrogens is 310 g/mol. The van der Waals surface area contributed by atoms with Crippen molar-refractivity contribution in [2.24, 2.45) is 7.05 Å². The summed E-state index contributed by atoms with van der Waals surface area (Å²) in [6.45, 7) is 2.97. The van der Waals surface area contributed by atoms with Crippen LogP contribution in [0.4, 0.5) is 0 Å². The van der Waals surface area contributed by atoms with Crippen molar-refractivity contribution in [2.75, 3.05) is 13.1 Å². The Bertz CT molecular complexity index is 876. The molecule has 0 amide bonds. The van der Waals surface area contributed by atoms with Gasteiger partial charge in [0.25, 0.3) is 0 Å². The second-order valence-electron chi connectivity index (χ2n) is 6.49. The average Bonchev–Trinajstić information content (AvgIpc) is 2.97. The van der Waals surface area contributed by atoms with E-state index >= 15 is 0 Å². The summed E-state index contributed by atoms with van der Waals surface area (Å²) in [5.74, 6) is 0.510. The van der Waals surface area contributed by atoms with Crippen LogP contribution in [0.5, 0.6) is 0 Å². The van der Waals surface area contributed by atoms with Gasteiger partial charge in [-0.05, 0) is 18.6 Å². The van der Waals surface area contributed by atoms with E-state index in [1.165, 1.54) is 11.6 Å². The zero-order valence-electron chi connectivity index (χ0n) is 13.5. The van der Waals surface area contributed by atoms with E-state index in [2.05, 4.69) is 15.0 Å². The predicted molar refractivity (Wildman–Crippen MR) is 85.4 cm³/mol. The number of hydrogen-bond donors (Lipinski definition) is 0. The molecule has 0 N–H and O–H groups in total. The summed E-state index contributed by atoms with van der Waals surface area (Å²) in [4.78, 5) is 30.7. The number of hydrogen-bond acceptors (Lipinski definition) is 6. The first-order valence-corrected chi connectivity index (χ1v) is 8.00. The Morgan fingerprint density at radius 2 is 2.12 bits per heavy atom. The summed E-state index contributed by atoms with van der Waals surface area (Å²) in [5, 5.41) is 4.13. The van der Waals surface area contributed by atoms with Gasteiger partial charge in [0, 0.05) is 32.9 Å². The molecule has 4 rings (SSSR count). The first-order chi connectivity index (χ1) is 11.6. The predicted octanol–water partition coefficient (Wildman–Crippen LogP) is -0.488. The van der Waals surface area contributed by atoms with Gasteiger partial charge in [-0.25, -0.2) is 4.68 Å². The van der Waals surface area contributed by atoms with Crippen molar-refractivity contribution in [3.8, 4) is 0 Å². The second-order valence-corrected chi connectivity index (χ2v) is 6.49. The van der Waals surface area contributed by atoms with E-state index in [0.29, 0.717) is 18.9 Å². The number of pyridine rings is 1. The number of nitrogens with zero attached hydrogens (tertiary/aromatic N) is 5. The fourth-order valence-corrected chi connectivity index (χ4v) is 3.49. The molecule has 8 nitrogen and oxygen atoms in total. The highest BCUT2D eigenvalue weighted by atomic mass is 16.5. The molecule has 0 saturated carbocycles. The summed E-state index contributed by atoms with van der Waals surface area (Å²) in [5.41, 5.74) is -0.537. The molecule has 0 radical (unpaired) electrons. The molecule has 2 aliphatic rings. The average molecular weight is 329 g/mol. The monoisotopic (exact) mass is 329 g/mol. The van der Waals surface area contributed by atoms with E-state index in [1.54, 1.807) is 6.20 Å². The SMILES string of the molecule is Cn1nc2n(c(=O)c1=O)CC1(CCN(Cc3ccccn3)C1)OC2. The van der Waals surface area contributed by atoms with Gasteiger partial charge in [0.2, 0.25) is 0 Å². The molecule has 24 heavy (non-hydrogen) atoms. The maximum atomic E-state index is 12.3. The highest BCUT2D eigenvalue weighted by molar-refractivity contribution is 5.06. The number of aryl methyl sites for hydroxylation is 1. The lowest BCUT2D eigenvalue weighted by Gasteiger charge is -2.35. The molecule has 1 fully saturated rings. The van der Waals surface area contributed by atoms with Crippen LogP contribution in [0.3, 0.4) is 0 Å². The van der Waals surface area contributed by atoms with Gasteiger partial charge in [-0.2, -0.15) is 5.10 Å². The number of ether oxygens (including phenoxy) is 1. The van der Waals surface area contributed by atoms with Gasteiger partial charge in [0.15, 0.2) is 5.82 Å². The van der Waals surface area contributed by atoms with Gasteiger partial charge in [-0.1, -0.05) is 6.07 Å². The number of aromatic nitrogens is 4. The zero-order chi connectivity index (χ0) is 16.7. The topological polar surface area (TPSA) is 82.3 Å². The van der Waals surface area contributed by atoms with Crippen molar-refractivity contribution in [3.05, 3.63) is 56.6 Å². The van der Waals surface area contributed by atoms with Crippen LogP contribution in [0.2, 0.25) is 0 Å². The molecule has 1 atom stereocenters. The lowest BCUT2D eigenvalue weighted by Crippen LogP contribution is -2.52. The Hall–Kier alpha value is -2.32. The van der Waals surface area contributed by atoms with E-state index < -0.39 is 16.7 Å². The number of fused-ring (bicyclic) bond motifs is 1. The summed E-state index contributed by atoms with van der Waals surface area (Å²) in [6, 6.07) is 5.87. The van der Waals surface area contributed by atoms with Crippen molar-refractivity contribution in [1.82, 2.24) is 24.2 Å². The van der Waals surface area contributed by atoms with E-state index in [9.17, 15) is 9.59 Å². The molecule has 126 valence electrons. The first kappa shape index (κ1) is 15.2. The summed E-state index contributed by atoms with van der Waals surface area (Å²) < 4.78 is 8.63. The quantitative estimate of drug-likeness (QED) is 0.692. The fourth-order valence-electron chi connectivity index (χ4n) is 3.49. The standard InChI is InChI=1S/C16H19N5O3/c1-19-14(22)15(23)21-11-16(24-9-13(21)18-19)5-7-20(10-16)8-12-4-2-3-6-17-12/h2-4,6H,5,7-11H2,1H3.